The zero-order valence-electron chi connectivity index (χ0n) is 7.00. The van der Waals surface area contributed by atoms with Gasteiger partial charge in [-0.3, -0.25) is 0 Å². The van der Waals surface area contributed by atoms with E-state index < -0.39 is 6.03 Å². The molecule has 0 heterocycles. The zero-order chi connectivity index (χ0) is 8.97. The molecule has 0 saturated carbocycles. The Hall–Kier alpha value is -1.51. The smallest absolute Gasteiger partial charge is 0.316 e. The second-order valence-electron chi connectivity index (χ2n) is 2.54. The quantitative estimate of drug-likeness (QED) is 0.687. The Balaban J connectivity index is 2.79. The van der Waals surface area contributed by atoms with Gasteiger partial charge in [-0.25, -0.2) is 4.79 Å². The van der Waals surface area contributed by atoms with Crippen LogP contribution < -0.4 is 11.1 Å². The molecule has 0 bridgehead atoms. The highest BCUT2D eigenvalue weighted by Gasteiger charge is 1.95. The number of carbonyl (C=O) groups excluding carboxylic acids is 1. The minimum Gasteiger partial charge on any atom is -0.351 e. The molecule has 0 atom stereocenters. The molecular formula is C9H12N2O. The molecule has 2 amide bonds. The van der Waals surface area contributed by atoms with Gasteiger partial charge in [0.15, 0.2) is 0 Å². The summed E-state index contributed by atoms with van der Waals surface area (Å²) >= 11 is 0. The molecule has 1 rings (SSSR count). The summed E-state index contributed by atoms with van der Waals surface area (Å²) in [5, 5.41) is 2.52. The van der Waals surface area contributed by atoms with Gasteiger partial charge in [-0.15, -0.1) is 0 Å². The van der Waals surface area contributed by atoms with Gasteiger partial charge in [-0.05, 0) is 24.1 Å². The third-order valence-electron chi connectivity index (χ3n) is 1.60. The number of amides is 2. The first-order valence-electron chi connectivity index (χ1n) is 3.87. The van der Waals surface area contributed by atoms with Gasteiger partial charge in [0.1, 0.15) is 0 Å². The summed E-state index contributed by atoms with van der Waals surface area (Å²) in [5.41, 5.74) is 6.90. The Labute approximate surface area is 71.6 Å². The lowest BCUT2D eigenvalue weighted by molar-refractivity contribution is 0.259. The monoisotopic (exact) mass is 164 g/mol. The second kappa shape index (κ2) is 3.76. The molecule has 0 aromatic heterocycles. The van der Waals surface area contributed by atoms with Crippen molar-refractivity contribution in [2.75, 3.05) is 5.32 Å². The highest BCUT2D eigenvalue weighted by atomic mass is 16.2. The molecule has 12 heavy (non-hydrogen) atoms. The van der Waals surface area contributed by atoms with Crippen molar-refractivity contribution in [2.45, 2.75) is 13.3 Å². The van der Waals surface area contributed by atoms with E-state index in [0.29, 0.717) is 0 Å². The molecule has 0 saturated heterocycles. The summed E-state index contributed by atoms with van der Waals surface area (Å²) < 4.78 is 0. The van der Waals surface area contributed by atoms with Crippen LogP contribution >= 0.6 is 0 Å². The SMILES string of the molecule is CCc1cccc(NC(N)=O)c1. The van der Waals surface area contributed by atoms with Gasteiger partial charge in [0.2, 0.25) is 0 Å². The van der Waals surface area contributed by atoms with Gasteiger partial charge < -0.3 is 11.1 Å². The number of nitrogens with one attached hydrogen (secondary N) is 1. The average molecular weight is 164 g/mol. The molecule has 0 aliphatic heterocycles. The predicted octanol–water partition coefficient (Wildman–Crippen LogP) is 1.74. The van der Waals surface area contributed by atoms with Gasteiger partial charge in [-0.2, -0.15) is 0 Å². The molecule has 0 spiro atoms. The number of rotatable bonds is 2. The van der Waals surface area contributed by atoms with Crippen LogP contribution in [0.15, 0.2) is 24.3 Å². The van der Waals surface area contributed by atoms with Crippen LogP contribution in [-0.2, 0) is 6.42 Å². The van der Waals surface area contributed by atoms with E-state index in [0.717, 1.165) is 12.1 Å². The Morgan fingerprint density at radius 1 is 1.58 bits per heavy atom. The molecule has 3 nitrogen and oxygen atoms in total. The first-order chi connectivity index (χ1) is 5.72. The van der Waals surface area contributed by atoms with Crippen LogP contribution in [0.25, 0.3) is 0 Å². The fourth-order valence-corrected chi connectivity index (χ4v) is 1.01. The first kappa shape index (κ1) is 8.59. The maximum Gasteiger partial charge on any atom is 0.316 e. The first-order valence-corrected chi connectivity index (χ1v) is 3.87. The summed E-state index contributed by atoms with van der Waals surface area (Å²) in [6.07, 6.45) is 0.953. The largest absolute Gasteiger partial charge is 0.351 e. The van der Waals surface area contributed by atoms with E-state index in [-0.39, 0.29) is 0 Å². The Kier molecular flexibility index (Phi) is 2.69. The maximum absolute atomic E-state index is 10.5. The summed E-state index contributed by atoms with van der Waals surface area (Å²) in [5.74, 6) is 0. The number of benzene rings is 1. The topological polar surface area (TPSA) is 55.1 Å². The van der Waals surface area contributed by atoms with Gasteiger partial charge >= 0.3 is 6.03 Å². The van der Waals surface area contributed by atoms with E-state index in [1.54, 1.807) is 0 Å². The summed E-state index contributed by atoms with van der Waals surface area (Å²) in [7, 11) is 0. The fourth-order valence-electron chi connectivity index (χ4n) is 1.01. The molecule has 3 heteroatoms. The van der Waals surface area contributed by atoms with Crippen molar-refractivity contribution >= 4 is 11.7 Å². The summed E-state index contributed by atoms with van der Waals surface area (Å²) in [6, 6.07) is 7.09. The van der Waals surface area contributed by atoms with Crippen LogP contribution in [0.5, 0.6) is 0 Å². The highest BCUT2D eigenvalue weighted by molar-refractivity contribution is 5.87. The molecule has 1 aromatic rings. The van der Waals surface area contributed by atoms with E-state index in [9.17, 15) is 4.79 Å². The van der Waals surface area contributed by atoms with Crippen molar-refractivity contribution in [1.82, 2.24) is 0 Å². The van der Waals surface area contributed by atoms with Crippen molar-refractivity contribution in [3.8, 4) is 0 Å². The number of anilines is 1. The van der Waals surface area contributed by atoms with Gasteiger partial charge in [0, 0.05) is 5.69 Å². The molecule has 0 radical (unpaired) electrons. The maximum atomic E-state index is 10.5. The molecular weight excluding hydrogens is 152 g/mol. The summed E-state index contributed by atoms with van der Waals surface area (Å²) in [6.45, 7) is 2.06. The van der Waals surface area contributed by atoms with E-state index in [1.165, 1.54) is 5.56 Å². The Bertz CT molecular complexity index is 284. The van der Waals surface area contributed by atoms with Crippen molar-refractivity contribution in [3.05, 3.63) is 29.8 Å². The van der Waals surface area contributed by atoms with E-state index in [4.69, 9.17) is 5.73 Å². The van der Waals surface area contributed by atoms with Gasteiger partial charge in [0.05, 0.1) is 0 Å². The number of hydrogen-bond acceptors (Lipinski definition) is 1. The van der Waals surface area contributed by atoms with Crippen LogP contribution in [-0.4, -0.2) is 6.03 Å². The van der Waals surface area contributed by atoms with Crippen molar-refractivity contribution in [3.63, 3.8) is 0 Å². The molecule has 0 aliphatic rings. The standard InChI is InChI=1S/C9H12N2O/c1-2-7-4-3-5-8(6-7)11-9(10)12/h3-6H,2H2,1H3,(H3,10,11,12). The third kappa shape index (κ3) is 2.27. The Morgan fingerprint density at radius 3 is 2.92 bits per heavy atom. The van der Waals surface area contributed by atoms with Crippen molar-refractivity contribution in [1.29, 1.82) is 0 Å². The lowest BCUT2D eigenvalue weighted by Gasteiger charge is -2.02. The number of nitrogens with two attached hydrogens (primary N) is 1. The second-order valence-corrected chi connectivity index (χ2v) is 2.54. The normalized spacial score (nSPS) is 9.42. The molecule has 0 fully saturated rings. The minimum absolute atomic E-state index is 0.525. The molecule has 0 unspecified atom stereocenters. The van der Waals surface area contributed by atoms with Crippen molar-refractivity contribution < 1.29 is 4.79 Å². The van der Waals surface area contributed by atoms with E-state index in [2.05, 4.69) is 12.2 Å². The van der Waals surface area contributed by atoms with Crippen LogP contribution in [0.1, 0.15) is 12.5 Å². The molecule has 3 N–H and O–H groups in total. The number of aryl methyl sites for hydroxylation is 1. The third-order valence-corrected chi connectivity index (χ3v) is 1.60. The minimum atomic E-state index is -0.525. The average Bonchev–Trinajstić information content (AvgIpc) is 2.03. The van der Waals surface area contributed by atoms with Crippen LogP contribution in [0, 0.1) is 0 Å². The molecule has 0 aliphatic carbocycles. The van der Waals surface area contributed by atoms with Crippen LogP contribution in [0.2, 0.25) is 0 Å². The Morgan fingerprint density at radius 2 is 2.33 bits per heavy atom. The number of primary amides is 1. The fraction of sp³-hybridized carbons (Fsp3) is 0.222. The van der Waals surface area contributed by atoms with Crippen LogP contribution in [0.4, 0.5) is 10.5 Å². The lowest BCUT2D eigenvalue weighted by atomic mass is 10.1. The van der Waals surface area contributed by atoms with Gasteiger partial charge in [-0.1, -0.05) is 19.1 Å². The number of hydrogen-bond donors (Lipinski definition) is 2. The van der Waals surface area contributed by atoms with E-state index in [1.807, 2.05) is 24.3 Å². The zero-order valence-corrected chi connectivity index (χ0v) is 7.00. The van der Waals surface area contributed by atoms with Crippen molar-refractivity contribution in [2.24, 2.45) is 5.73 Å². The lowest BCUT2D eigenvalue weighted by Crippen LogP contribution is -2.19. The predicted molar refractivity (Wildman–Crippen MR) is 49.0 cm³/mol. The van der Waals surface area contributed by atoms with Crippen LogP contribution in [0.3, 0.4) is 0 Å². The van der Waals surface area contributed by atoms with Gasteiger partial charge in [0.25, 0.3) is 0 Å². The molecule has 64 valence electrons. The number of carbonyl (C=O) groups is 1. The highest BCUT2D eigenvalue weighted by Crippen LogP contribution is 2.10. The number of urea groups is 1. The van der Waals surface area contributed by atoms with E-state index >= 15 is 0 Å². The summed E-state index contributed by atoms with van der Waals surface area (Å²) in [4.78, 5) is 10.5. The molecule has 1 aromatic carbocycles.